The number of ether oxygens (including phenoxy) is 4. The maximum absolute atomic E-state index is 14.1. The van der Waals surface area contributed by atoms with Crippen LogP contribution in [0.2, 0.25) is 10.0 Å². The van der Waals surface area contributed by atoms with Crippen LogP contribution in [0, 0.1) is 17.0 Å². The fraction of sp³-hybridized carbons (Fsp3) is 0.404. The first kappa shape index (κ1) is 51.2. The molecule has 2 N–H and O–H groups in total. The lowest BCUT2D eigenvalue weighted by Gasteiger charge is -2.43. The Morgan fingerprint density at radius 2 is 1.50 bits per heavy atom. The summed E-state index contributed by atoms with van der Waals surface area (Å²) in [5.41, 5.74) is 3.05. The maximum atomic E-state index is 14.1. The Morgan fingerprint density at radius 1 is 0.806 bits per heavy atom. The number of halogens is 4. The number of pyridine rings is 1. The van der Waals surface area contributed by atoms with Gasteiger partial charge in [0, 0.05) is 44.2 Å². The molecule has 4 aromatic carbocycles. The molecule has 4 aliphatic heterocycles. The van der Waals surface area contributed by atoms with Crippen molar-refractivity contribution >= 4 is 45.3 Å². The first-order valence-corrected chi connectivity index (χ1v) is 26.2. The van der Waals surface area contributed by atoms with Crippen LogP contribution in [0.15, 0.2) is 114 Å². The van der Waals surface area contributed by atoms with E-state index in [0.29, 0.717) is 33.1 Å². The number of nitrogens with zero attached hydrogens (tertiary/aromatic N) is 4. The number of nitrogens with one attached hydrogen (secondary N) is 1. The molecule has 2 unspecified atom stereocenters. The number of piperazine rings is 1. The fourth-order valence-corrected chi connectivity index (χ4v) is 11.9. The number of carbonyl (C=O) groups excluding carboxylic acids is 1. The van der Waals surface area contributed by atoms with Gasteiger partial charge in [0.05, 0.1) is 17.5 Å². The summed E-state index contributed by atoms with van der Waals surface area (Å²) in [6.07, 6.45) is 5.38. The zero-order valence-corrected chi connectivity index (χ0v) is 41.5. The van der Waals surface area contributed by atoms with Crippen molar-refractivity contribution in [1.29, 1.82) is 0 Å². The summed E-state index contributed by atoms with van der Waals surface area (Å²) in [6, 6.07) is 25.9. The molecule has 0 spiro atoms. The molecular formula is C52H55Cl2F2N5O10S. The highest BCUT2D eigenvalue weighted by atomic mass is 35.5. The highest BCUT2D eigenvalue weighted by Crippen LogP contribution is 2.40. The molecule has 1 aromatic heterocycles. The van der Waals surface area contributed by atoms with Gasteiger partial charge in [-0.15, -0.1) is 0 Å². The van der Waals surface area contributed by atoms with Gasteiger partial charge in [0.1, 0.15) is 34.5 Å². The molecule has 1 amide bonds. The molecule has 2 bridgehead atoms. The number of hydrogen-bond acceptors (Lipinski definition) is 11. The van der Waals surface area contributed by atoms with Gasteiger partial charge >= 0.3 is 18.7 Å². The van der Waals surface area contributed by atoms with E-state index in [1.54, 1.807) is 17.0 Å². The number of hydrogen-bond donors (Lipinski definition) is 2. The van der Waals surface area contributed by atoms with Crippen LogP contribution in [0.1, 0.15) is 65.5 Å². The zero-order chi connectivity index (χ0) is 50.5. The number of piperidine rings is 3. The van der Waals surface area contributed by atoms with Crippen LogP contribution in [0.4, 0.5) is 13.6 Å². The van der Waals surface area contributed by atoms with Crippen LogP contribution in [-0.2, 0) is 32.6 Å². The summed E-state index contributed by atoms with van der Waals surface area (Å²) in [4.78, 5) is 30.8. The molecule has 10 rings (SSSR count). The van der Waals surface area contributed by atoms with Crippen LogP contribution in [-0.4, -0.2) is 111 Å². The van der Waals surface area contributed by atoms with Crippen LogP contribution in [0.5, 0.6) is 17.2 Å². The number of carboxylic acid groups (broad SMARTS) is 1. The van der Waals surface area contributed by atoms with Crippen molar-refractivity contribution in [3.8, 4) is 17.2 Å². The lowest BCUT2D eigenvalue weighted by molar-refractivity contribution is -0.605. The number of alkyl carbamates (subject to hydrolysis) is 1. The minimum atomic E-state index is -4.03. The Morgan fingerprint density at radius 3 is 2.14 bits per heavy atom. The average Bonchev–Trinajstić information content (AvgIpc) is 4.21. The Labute approximate surface area is 426 Å². The van der Waals surface area contributed by atoms with Crippen molar-refractivity contribution in [1.82, 2.24) is 19.4 Å². The Bertz CT molecular complexity index is 2790. The summed E-state index contributed by atoms with van der Waals surface area (Å²) < 4.78 is 79.7. The number of sulfonamides is 1. The standard InChI is InChI=1S/C52H55Cl2F2N5O10S/c53-43-28-60(65)29-44(54)42(43)27-41(37-13-16-45(70-51(55)56)46(26-37)69-32-33-9-10-33)49(50(62)63)59-21-23-61(24-22-59)72(66,67)40-14-11-34(12-15-40)31-68-39-8-4-7-38(25-39)48(36-5-2-1-3-6-36)57-52(64)71-47-30-58-19-17-35(47)18-20-58/h1-8,11-16,25-26,28-29,33,35,41,47-49,51H,9-10,17-24,27,30-32H2,(H,57,64)(H,62,63)/t41-,47-,48?,49?/m0/s1. The van der Waals surface area contributed by atoms with E-state index in [4.69, 9.17) is 42.1 Å². The SMILES string of the molecule is O=C(NC(c1ccccc1)c1cccc(OCc2ccc(S(=O)(=O)N3CCN(C(C(=O)O)[C@@H](Cc4c(Cl)c[n+]([O-])cc4Cl)c4ccc(OC(F)F)c(OCC5CC5)c4)CC3)cc2)c1)O[C@H]1CN2CCC1CC2. The molecule has 5 heterocycles. The summed E-state index contributed by atoms with van der Waals surface area (Å²) >= 11 is 13.0. The number of aliphatic carboxylic acids is 1. The van der Waals surface area contributed by atoms with Gasteiger partial charge in [-0.1, -0.05) is 83.9 Å². The van der Waals surface area contributed by atoms with Crippen molar-refractivity contribution in [2.75, 3.05) is 52.4 Å². The summed E-state index contributed by atoms with van der Waals surface area (Å²) in [7, 11) is -4.03. The summed E-state index contributed by atoms with van der Waals surface area (Å²) in [5.74, 6) is -1.21. The smallest absolute Gasteiger partial charge is 0.408 e. The van der Waals surface area contributed by atoms with Crippen molar-refractivity contribution < 1.29 is 55.6 Å². The van der Waals surface area contributed by atoms with Crippen LogP contribution >= 0.6 is 23.2 Å². The van der Waals surface area contributed by atoms with Crippen LogP contribution < -0.4 is 24.3 Å². The molecule has 4 atom stereocenters. The predicted molar refractivity (Wildman–Crippen MR) is 263 cm³/mol. The van der Waals surface area contributed by atoms with E-state index in [2.05, 4.69) is 10.2 Å². The number of carboxylic acids is 1. The number of aromatic nitrogens is 1. The number of benzene rings is 4. The third kappa shape index (κ3) is 12.3. The second-order valence-electron chi connectivity index (χ2n) is 18.7. The molecule has 5 fully saturated rings. The summed E-state index contributed by atoms with van der Waals surface area (Å²) in [6.45, 7) is 0.0137. The number of amides is 1. The van der Waals surface area contributed by atoms with Gasteiger partial charge in [0.25, 0.3) is 0 Å². The van der Waals surface area contributed by atoms with Gasteiger partial charge in [0.15, 0.2) is 23.9 Å². The van der Waals surface area contributed by atoms with Crippen molar-refractivity contribution in [2.45, 2.75) is 74.3 Å². The molecule has 0 radical (unpaired) electrons. The van der Waals surface area contributed by atoms with Crippen molar-refractivity contribution in [3.63, 3.8) is 0 Å². The minimum Gasteiger partial charge on any atom is -0.619 e. The second-order valence-corrected chi connectivity index (χ2v) is 21.5. The molecule has 4 saturated heterocycles. The summed E-state index contributed by atoms with van der Waals surface area (Å²) in [5, 5.41) is 26.1. The second kappa shape index (κ2) is 22.6. The van der Waals surface area contributed by atoms with E-state index in [0.717, 1.165) is 68.8 Å². The molecular weight excluding hydrogens is 996 g/mol. The van der Waals surface area contributed by atoms with E-state index in [9.17, 15) is 37.1 Å². The van der Waals surface area contributed by atoms with Crippen molar-refractivity contribution in [3.05, 3.63) is 153 Å². The molecule has 5 aromatic rings. The van der Waals surface area contributed by atoms with Gasteiger partial charge in [0.2, 0.25) is 10.0 Å². The third-order valence-corrected chi connectivity index (χ3v) is 16.5. The molecule has 5 aliphatic rings. The Hall–Kier alpha value is -5.76. The number of fused-ring (bicyclic) bond motifs is 3. The predicted octanol–water partition coefficient (Wildman–Crippen LogP) is 8.29. The first-order valence-electron chi connectivity index (χ1n) is 24.0. The van der Waals surface area contributed by atoms with Gasteiger partial charge in [-0.2, -0.15) is 17.8 Å². The van der Waals surface area contributed by atoms with Crippen LogP contribution in [0.25, 0.3) is 0 Å². The molecule has 382 valence electrons. The fourth-order valence-electron chi connectivity index (χ4n) is 9.91. The lowest BCUT2D eigenvalue weighted by atomic mass is 9.84. The Kier molecular flexibility index (Phi) is 16.0. The third-order valence-electron chi connectivity index (χ3n) is 14.0. The minimum absolute atomic E-state index is 0.00297. The van der Waals surface area contributed by atoms with Crippen molar-refractivity contribution in [2.24, 2.45) is 11.8 Å². The highest BCUT2D eigenvalue weighted by Gasteiger charge is 2.41. The van der Waals surface area contributed by atoms with Crippen LogP contribution in [0.3, 0.4) is 0 Å². The monoisotopic (exact) mass is 1050 g/mol. The van der Waals surface area contributed by atoms with Gasteiger partial charge in [-0.3, -0.25) is 14.6 Å². The molecule has 15 nitrogen and oxygen atoms in total. The largest absolute Gasteiger partial charge is 0.619 e. The van der Waals surface area contributed by atoms with E-state index < -0.39 is 46.7 Å². The molecule has 1 aliphatic carbocycles. The number of alkyl halides is 2. The van der Waals surface area contributed by atoms with Gasteiger partial charge < -0.3 is 34.6 Å². The van der Waals surface area contributed by atoms with E-state index >= 15 is 0 Å². The van der Waals surface area contributed by atoms with E-state index in [-0.39, 0.29) is 84.3 Å². The maximum Gasteiger partial charge on any atom is 0.408 e. The molecule has 20 heteroatoms. The Balaban J connectivity index is 0.863. The average molecular weight is 1050 g/mol. The zero-order valence-electron chi connectivity index (χ0n) is 39.2. The quantitative estimate of drug-likeness (QED) is 0.0565. The number of carbonyl (C=O) groups is 2. The lowest BCUT2D eigenvalue weighted by Crippen LogP contribution is -2.55. The topological polar surface area (TPSA) is 174 Å². The first-order chi connectivity index (χ1) is 34.7. The van der Waals surface area contributed by atoms with Gasteiger partial charge in [-0.05, 0) is 116 Å². The van der Waals surface area contributed by atoms with E-state index in [1.807, 2.05) is 54.6 Å². The van der Waals surface area contributed by atoms with E-state index in [1.165, 1.54) is 34.6 Å². The number of rotatable bonds is 20. The highest BCUT2D eigenvalue weighted by molar-refractivity contribution is 7.89. The molecule has 1 saturated carbocycles. The van der Waals surface area contributed by atoms with Gasteiger partial charge in [-0.25, -0.2) is 13.2 Å². The molecule has 72 heavy (non-hydrogen) atoms. The normalized spacial score (nSPS) is 20.6.